The third-order valence-corrected chi connectivity index (χ3v) is 12.3. The molecule has 0 unspecified atom stereocenters. The van der Waals surface area contributed by atoms with Crippen molar-refractivity contribution in [1.82, 2.24) is 0 Å². The lowest BCUT2D eigenvalue weighted by molar-refractivity contribution is -0.137. The first-order valence-corrected chi connectivity index (χ1v) is 25.5. The van der Waals surface area contributed by atoms with E-state index in [1.54, 1.807) is 7.11 Å². The number of alkyl halides is 3. The average molecular weight is 966 g/mol. The van der Waals surface area contributed by atoms with E-state index in [1.807, 2.05) is 57.2 Å². The second-order valence-corrected chi connectivity index (χ2v) is 25.1. The Hall–Kier alpha value is -4.74. The fourth-order valence-corrected chi connectivity index (χ4v) is 7.87. The maximum atomic E-state index is 12.2. The Labute approximate surface area is 425 Å². The summed E-state index contributed by atoms with van der Waals surface area (Å²) in [7, 11) is 1.69. The van der Waals surface area contributed by atoms with Gasteiger partial charge in [-0.1, -0.05) is 253 Å². The summed E-state index contributed by atoms with van der Waals surface area (Å²) in [5.74, 6) is 1.92. The Morgan fingerprint density at radius 1 is 0.529 bits per heavy atom. The number of benzene rings is 5. The van der Waals surface area contributed by atoms with Crippen molar-refractivity contribution in [3.63, 3.8) is 0 Å². The van der Waals surface area contributed by atoms with Gasteiger partial charge in [0.1, 0.15) is 5.75 Å². The number of rotatable bonds is 3. The molecule has 0 aliphatic heterocycles. The number of hydrogen-bond acceptors (Lipinski definition) is 2. The van der Waals surface area contributed by atoms with Crippen molar-refractivity contribution in [1.29, 1.82) is 0 Å². The van der Waals surface area contributed by atoms with Crippen molar-refractivity contribution < 1.29 is 17.9 Å². The number of fused-ring (bicyclic) bond motifs is 1. The van der Waals surface area contributed by atoms with Crippen LogP contribution in [0.3, 0.4) is 0 Å². The van der Waals surface area contributed by atoms with Crippen LogP contribution in [0.5, 0.6) is 5.75 Å². The van der Waals surface area contributed by atoms with Crippen molar-refractivity contribution in [2.24, 2.45) is 21.9 Å². The summed E-state index contributed by atoms with van der Waals surface area (Å²) in [6.45, 7) is 41.7. The predicted molar refractivity (Wildman–Crippen MR) is 299 cm³/mol. The van der Waals surface area contributed by atoms with Crippen molar-refractivity contribution in [2.45, 2.75) is 204 Å². The first-order chi connectivity index (χ1) is 32.0. The molecule has 0 spiro atoms. The van der Waals surface area contributed by atoms with Crippen LogP contribution in [0.1, 0.15) is 204 Å². The molecule has 1 fully saturated rings. The zero-order valence-electron chi connectivity index (χ0n) is 47.4. The van der Waals surface area contributed by atoms with Gasteiger partial charge < -0.3 is 4.74 Å². The van der Waals surface area contributed by atoms with Crippen LogP contribution >= 0.6 is 0 Å². The van der Waals surface area contributed by atoms with Gasteiger partial charge in [-0.3, -0.25) is 0 Å². The lowest BCUT2D eigenvalue weighted by Crippen LogP contribution is -2.22. The van der Waals surface area contributed by atoms with Gasteiger partial charge >= 0.3 is 6.18 Å². The van der Waals surface area contributed by atoms with Crippen LogP contribution in [0, 0.1) is 16.7 Å². The largest absolute Gasteiger partial charge is 0.497 e. The highest BCUT2D eigenvalue weighted by Gasteiger charge is 2.30. The minimum absolute atomic E-state index is 0.0186. The van der Waals surface area contributed by atoms with Gasteiger partial charge in [0, 0.05) is 10.6 Å². The molecule has 0 aromatic heterocycles. The van der Waals surface area contributed by atoms with E-state index in [2.05, 4.69) is 175 Å². The van der Waals surface area contributed by atoms with Gasteiger partial charge in [-0.05, 0) is 120 Å². The maximum Gasteiger partial charge on any atom is 0.416 e. The van der Waals surface area contributed by atoms with Crippen molar-refractivity contribution in [2.75, 3.05) is 7.11 Å². The number of hydrogen-bond donors (Lipinski definition) is 0. The van der Waals surface area contributed by atoms with Crippen LogP contribution in [0.25, 0.3) is 21.2 Å². The fraction of sp³-hybridized carbons (Fsp3) is 0.556. The van der Waals surface area contributed by atoms with E-state index >= 15 is 0 Å². The van der Waals surface area contributed by atoms with Gasteiger partial charge in [-0.2, -0.15) is 13.2 Å². The molecule has 0 bridgehead atoms. The second kappa shape index (κ2) is 27.8. The first-order valence-electron chi connectivity index (χ1n) is 25.5. The van der Waals surface area contributed by atoms with Crippen LogP contribution in [-0.2, 0) is 27.8 Å². The number of nitrogens with zero attached hydrogens (tertiary/aromatic N) is 3. The molecule has 0 heterocycles. The predicted octanol–water partition coefficient (Wildman–Crippen LogP) is 21.5. The average Bonchev–Trinajstić information content (AvgIpc) is 3.26. The molecule has 0 N–H and O–H groups in total. The minimum atomic E-state index is -4.24. The zero-order valence-corrected chi connectivity index (χ0v) is 47.4. The summed E-state index contributed by atoms with van der Waals surface area (Å²) in [5, 5.41) is 6.31. The molecule has 0 atom stereocenters. The normalized spacial score (nSPS) is 13.4. The van der Waals surface area contributed by atoms with Crippen molar-refractivity contribution in [3.8, 4) is 5.75 Å². The third kappa shape index (κ3) is 24.9. The van der Waals surface area contributed by atoms with Gasteiger partial charge in [-0.15, -0.1) is 0 Å². The number of halogens is 3. The van der Waals surface area contributed by atoms with Crippen LogP contribution < -0.4 is 4.74 Å². The van der Waals surface area contributed by atoms with Gasteiger partial charge in [0.05, 0.1) is 12.7 Å². The molecule has 4 nitrogen and oxygen atoms in total. The van der Waals surface area contributed by atoms with Crippen LogP contribution in [0.4, 0.5) is 18.9 Å². The molecule has 0 radical (unpaired) electrons. The summed E-state index contributed by atoms with van der Waals surface area (Å²) in [4.78, 5) is 2.81. The molecule has 1 saturated carbocycles. The highest BCUT2D eigenvalue weighted by molar-refractivity contribution is 5.83. The van der Waals surface area contributed by atoms with E-state index in [9.17, 15) is 13.2 Å². The zero-order chi connectivity index (χ0) is 53.8. The number of ether oxygens (including phenoxy) is 1. The smallest absolute Gasteiger partial charge is 0.416 e. The molecule has 0 saturated heterocycles. The van der Waals surface area contributed by atoms with E-state index < -0.39 is 11.7 Å². The molecule has 7 heteroatoms. The van der Waals surface area contributed by atoms with Crippen LogP contribution in [-0.4, -0.2) is 7.11 Å². The van der Waals surface area contributed by atoms with E-state index in [-0.39, 0.29) is 21.7 Å². The Balaban J connectivity index is 0.000000425. The van der Waals surface area contributed by atoms with Crippen LogP contribution in [0.2, 0.25) is 0 Å². The maximum absolute atomic E-state index is 12.2. The van der Waals surface area contributed by atoms with E-state index in [4.69, 9.17) is 10.3 Å². The highest BCUT2D eigenvalue weighted by atomic mass is 19.4. The molecule has 1 aliphatic rings. The van der Waals surface area contributed by atoms with Gasteiger partial charge in [0.15, 0.2) is 0 Å². The summed E-state index contributed by atoms with van der Waals surface area (Å²) in [5.41, 5.74) is 14.7. The van der Waals surface area contributed by atoms with Crippen molar-refractivity contribution >= 4 is 16.5 Å². The molecule has 5 aromatic carbocycles. The number of methoxy groups -OCH3 is 1. The Bertz CT molecular complexity index is 2240. The fourth-order valence-electron chi connectivity index (χ4n) is 7.87. The quantitative estimate of drug-likeness (QED) is 0.101. The summed E-state index contributed by atoms with van der Waals surface area (Å²) in [6, 6.07) is 36.4. The highest BCUT2D eigenvalue weighted by Crippen LogP contribution is 2.38. The molecule has 1 aliphatic carbocycles. The lowest BCUT2D eigenvalue weighted by Gasteiger charge is -2.33. The SMILES string of the molecule is CC(C)(C)C1CCCCC1.CC(C)(C)c1ccc(C(F)(F)F)cc1.CC(C)(C)c1ccc2ccccc2c1.CC(C)(C)c1ccccc1N=[N+]=[N-].CCCC(C)(C)C.COc1ccc(C(C)(C)C)cc1. The summed E-state index contributed by atoms with van der Waals surface area (Å²) in [6.07, 6.45) is 5.79. The second-order valence-electron chi connectivity index (χ2n) is 25.1. The molecule has 5 aromatic rings. The topological polar surface area (TPSA) is 58.0 Å². The van der Waals surface area contributed by atoms with E-state index in [0.717, 1.165) is 40.6 Å². The van der Waals surface area contributed by atoms with Crippen LogP contribution in [0.15, 0.2) is 120 Å². The molecule has 0 amide bonds. The lowest BCUT2D eigenvalue weighted by atomic mass is 9.72. The number of azide groups is 1. The van der Waals surface area contributed by atoms with E-state index in [1.165, 1.54) is 79.0 Å². The Morgan fingerprint density at radius 3 is 1.33 bits per heavy atom. The van der Waals surface area contributed by atoms with Gasteiger partial charge in [0.25, 0.3) is 0 Å². The molecule has 70 heavy (non-hydrogen) atoms. The Kier molecular flexibility index (Phi) is 25.1. The first kappa shape index (κ1) is 63.3. The van der Waals surface area contributed by atoms with Crippen molar-refractivity contribution in [3.05, 3.63) is 154 Å². The van der Waals surface area contributed by atoms with Gasteiger partial charge in [0.2, 0.25) is 0 Å². The van der Waals surface area contributed by atoms with E-state index in [0.29, 0.717) is 10.8 Å². The Morgan fingerprint density at radius 2 is 0.957 bits per heavy atom. The molecular formula is C63H94F3N3O. The molecule has 6 rings (SSSR count). The van der Waals surface area contributed by atoms with Gasteiger partial charge in [-0.25, -0.2) is 0 Å². The summed E-state index contributed by atoms with van der Waals surface area (Å²) >= 11 is 0. The monoisotopic (exact) mass is 966 g/mol. The molecular weight excluding hydrogens is 872 g/mol. The molecule has 388 valence electrons. The minimum Gasteiger partial charge on any atom is -0.497 e. The third-order valence-electron chi connectivity index (χ3n) is 12.3. The standard InChI is InChI=1S/C14H16.C11H13F3.C11H16O.C10H13N3.C10H20.C7H16/c1-14(2,3)13-9-8-11-6-4-5-7-12(11)10-13;1-10(2,3)8-4-6-9(7-5-8)11(12,13)14;1-11(2,3)9-5-7-10(12-4)8-6-9;1-10(2,3)8-6-4-5-7-9(8)12-13-11;1-10(2,3)9-7-5-4-6-8-9;1-5-6-7(2,3)4/h4-10H,1-3H3;4-7H,1-3H3;5-8H,1-4H3;4-7H,1-3H3;9H,4-8H2,1-3H3;5-6H2,1-4H3. The summed E-state index contributed by atoms with van der Waals surface area (Å²) < 4.78 is 41.7.